The zero-order valence-electron chi connectivity index (χ0n) is 11.3. The Bertz CT molecular complexity index is 476. The van der Waals surface area contributed by atoms with E-state index in [1.807, 2.05) is 6.92 Å². The first-order valence-electron chi connectivity index (χ1n) is 5.93. The molecule has 1 amide bonds. The monoisotopic (exact) mass is 285 g/mol. The summed E-state index contributed by atoms with van der Waals surface area (Å²) in [6.07, 6.45) is 2.27. The van der Waals surface area contributed by atoms with Crippen LogP contribution in [0.15, 0.2) is 18.2 Å². The fourth-order valence-electron chi connectivity index (χ4n) is 1.48. The number of methoxy groups -OCH3 is 1. The third kappa shape index (κ3) is 4.55. The average Bonchev–Trinajstić information content (AvgIpc) is 2.37. The molecule has 106 valence electrons. The molecule has 2 N–H and O–H groups in total. The summed E-state index contributed by atoms with van der Waals surface area (Å²) in [5.74, 6) is 0.0160. The molecule has 0 aliphatic rings. The maximum atomic E-state index is 11.8. The van der Waals surface area contributed by atoms with Gasteiger partial charge < -0.3 is 15.2 Å². The Labute approximate surface area is 115 Å². The fraction of sp³-hybridized carbons (Fsp3) is 0.462. The predicted molar refractivity (Wildman–Crippen MR) is 75.1 cm³/mol. The average molecular weight is 285 g/mol. The van der Waals surface area contributed by atoms with Crippen molar-refractivity contribution in [2.45, 2.75) is 18.6 Å². The SMILES string of the molecule is COc1ccc(C(=O)NCCC(C)S(C)=O)c(O)c1. The van der Waals surface area contributed by atoms with E-state index in [-0.39, 0.29) is 22.5 Å². The molecule has 0 saturated carbocycles. The van der Waals surface area contributed by atoms with Gasteiger partial charge in [0.25, 0.3) is 5.91 Å². The van der Waals surface area contributed by atoms with E-state index in [4.69, 9.17) is 4.74 Å². The molecule has 5 nitrogen and oxygen atoms in total. The number of carbonyl (C=O) groups is 1. The van der Waals surface area contributed by atoms with Gasteiger partial charge in [-0.25, -0.2) is 0 Å². The maximum absolute atomic E-state index is 11.8. The highest BCUT2D eigenvalue weighted by molar-refractivity contribution is 7.84. The van der Waals surface area contributed by atoms with Gasteiger partial charge in [0, 0.05) is 34.9 Å². The van der Waals surface area contributed by atoms with Crippen molar-refractivity contribution < 1.29 is 18.8 Å². The molecule has 0 saturated heterocycles. The molecule has 0 bridgehead atoms. The molecule has 19 heavy (non-hydrogen) atoms. The van der Waals surface area contributed by atoms with Crippen molar-refractivity contribution in [1.29, 1.82) is 0 Å². The highest BCUT2D eigenvalue weighted by Crippen LogP contribution is 2.23. The van der Waals surface area contributed by atoms with Gasteiger partial charge in [0.15, 0.2) is 0 Å². The summed E-state index contributed by atoms with van der Waals surface area (Å²) in [7, 11) is 0.591. The third-order valence-electron chi connectivity index (χ3n) is 2.85. The summed E-state index contributed by atoms with van der Waals surface area (Å²) >= 11 is 0. The molecule has 0 heterocycles. The zero-order valence-corrected chi connectivity index (χ0v) is 12.1. The number of phenolic OH excluding ortho intramolecular Hbond substituents is 1. The lowest BCUT2D eigenvalue weighted by Crippen LogP contribution is -2.27. The number of benzene rings is 1. The van der Waals surface area contributed by atoms with E-state index in [0.717, 1.165) is 0 Å². The number of ether oxygens (including phenoxy) is 1. The largest absolute Gasteiger partial charge is 0.507 e. The van der Waals surface area contributed by atoms with Crippen molar-refractivity contribution >= 4 is 16.7 Å². The van der Waals surface area contributed by atoms with Crippen LogP contribution in [-0.4, -0.2) is 40.4 Å². The summed E-state index contributed by atoms with van der Waals surface area (Å²) in [5.41, 5.74) is 0.200. The molecule has 0 aliphatic heterocycles. The lowest BCUT2D eigenvalue weighted by Gasteiger charge is -2.10. The van der Waals surface area contributed by atoms with Crippen molar-refractivity contribution in [2.24, 2.45) is 0 Å². The van der Waals surface area contributed by atoms with Gasteiger partial charge in [-0.1, -0.05) is 6.92 Å². The van der Waals surface area contributed by atoms with Crippen LogP contribution >= 0.6 is 0 Å². The highest BCUT2D eigenvalue weighted by atomic mass is 32.2. The molecule has 6 heteroatoms. The van der Waals surface area contributed by atoms with Crippen LogP contribution in [0.2, 0.25) is 0 Å². The number of phenols is 1. The quantitative estimate of drug-likeness (QED) is 0.826. The van der Waals surface area contributed by atoms with Crippen molar-refractivity contribution in [3.8, 4) is 11.5 Å². The molecule has 1 rings (SSSR count). The number of nitrogens with one attached hydrogen (secondary N) is 1. The Morgan fingerprint density at radius 3 is 2.74 bits per heavy atom. The van der Waals surface area contributed by atoms with E-state index in [2.05, 4.69) is 5.32 Å². The van der Waals surface area contributed by atoms with Crippen LogP contribution in [0.25, 0.3) is 0 Å². The zero-order chi connectivity index (χ0) is 14.4. The minimum absolute atomic E-state index is 0.0322. The summed E-state index contributed by atoms with van der Waals surface area (Å²) in [6.45, 7) is 2.29. The lowest BCUT2D eigenvalue weighted by atomic mass is 10.1. The number of hydrogen-bond acceptors (Lipinski definition) is 4. The first-order valence-corrected chi connectivity index (χ1v) is 7.55. The summed E-state index contributed by atoms with van der Waals surface area (Å²) in [6, 6.07) is 4.50. The molecule has 0 fully saturated rings. The molecule has 1 aromatic rings. The van der Waals surface area contributed by atoms with Crippen LogP contribution < -0.4 is 10.1 Å². The standard InChI is InChI=1S/C13H19NO4S/c1-9(19(3)17)6-7-14-13(16)11-5-4-10(18-2)8-12(11)15/h4-5,8-9,15H,6-7H2,1-3H3,(H,14,16). The van der Waals surface area contributed by atoms with Crippen LogP contribution in [0.5, 0.6) is 11.5 Å². The maximum Gasteiger partial charge on any atom is 0.255 e. The summed E-state index contributed by atoms with van der Waals surface area (Å²) in [4.78, 5) is 11.8. The number of aromatic hydroxyl groups is 1. The number of rotatable bonds is 6. The van der Waals surface area contributed by atoms with Crippen LogP contribution in [0, 0.1) is 0 Å². The second kappa shape index (κ2) is 7.13. The van der Waals surface area contributed by atoms with Gasteiger partial charge >= 0.3 is 0 Å². The van der Waals surface area contributed by atoms with Gasteiger partial charge in [-0.05, 0) is 18.6 Å². The van der Waals surface area contributed by atoms with Crippen molar-refractivity contribution in [2.75, 3.05) is 19.9 Å². The molecule has 1 aromatic carbocycles. The van der Waals surface area contributed by atoms with Gasteiger partial charge in [-0.3, -0.25) is 9.00 Å². The molecule has 0 aromatic heterocycles. The molecule has 2 atom stereocenters. The van der Waals surface area contributed by atoms with E-state index in [0.29, 0.717) is 18.7 Å². The number of hydrogen-bond donors (Lipinski definition) is 2. The van der Waals surface area contributed by atoms with E-state index < -0.39 is 10.8 Å². The Kier molecular flexibility index (Phi) is 5.82. The molecular formula is C13H19NO4S. The van der Waals surface area contributed by atoms with Gasteiger partial charge in [0.05, 0.1) is 12.7 Å². The summed E-state index contributed by atoms with van der Waals surface area (Å²) in [5, 5.41) is 12.4. The smallest absolute Gasteiger partial charge is 0.255 e. The Hall–Kier alpha value is -1.56. The van der Waals surface area contributed by atoms with Crippen molar-refractivity contribution in [3.63, 3.8) is 0 Å². The van der Waals surface area contributed by atoms with E-state index in [1.54, 1.807) is 12.3 Å². The highest BCUT2D eigenvalue weighted by Gasteiger charge is 2.12. The minimum atomic E-state index is -0.895. The van der Waals surface area contributed by atoms with E-state index in [9.17, 15) is 14.1 Å². The second-order valence-electron chi connectivity index (χ2n) is 4.24. The summed E-state index contributed by atoms with van der Waals surface area (Å²) < 4.78 is 16.1. The van der Waals surface area contributed by atoms with Crippen LogP contribution in [-0.2, 0) is 10.8 Å². The van der Waals surface area contributed by atoms with Gasteiger partial charge in [0.2, 0.25) is 0 Å². The molecule has 2 unspecified atom stereocenters. The van der Waals surface area contributed by atoms with Gasteiger partial charge in [-0.15, -0.1) is 0 Å². The van der Waals surface area contributed by atoms with Crippen molar-refractivity contribution in [3.05, 3.63) is 23.8 Å². The molecule has 0 radical (unpaired) electrons. The molecule has 0 spiro atoms. The normalized spacial score (nSPS) is 13.6. The number of amides is 1. The fourth-order valence-corrected chi connectivity index (χ4v) is 1.93. The van der Waals surface area contributed by atoms with Gasteiger partial charge in [0.1, 0.15) is 11.5 Å². The van der Waals surface area contributed by atoms with Crippen LogP contribution in [0.1, 0.15) is 23.7 Å². The Balaban J connectivity index is 2.57. The predicted octanol–water partition coefficient (Wildman–Crippen LogP) is 1.29. The van der Waals surface area contributed by atoms with Crippen LogP contribution in [0.4, 0.5) is 0 Å². The molecular weight excluding hydrogens is 266 g/mol. The van der Waals surface area contributed by atoms with E-state index >= 15 is 0 Å². The second-order valence-corrected chi connectivity index (χ2v) is 6.04. The first-order chi connectivity index (χ1) is 8.95. The lowest BCUT2D eigenvalue weighted by molar-refractivity contribution is 0.0950. The number of carbonyl (C=O) groups excluding carboxylic acids is 1. The van der Waals surface area contributed by atoms with Crippen LogP contribution in [0.3, 0.4) is 0 Å². The topological polar surface area (TPSA) is 75.6 Å². The first kappa shape index (κ1) is 15.5. The van der Waals surface area contributed by atoms with Crippen molar-refractivity contribution in [1.82, 2.24) is 5.32 Å². The Morgan fingerprint density at radius 1 is 1.53 bits per heavy atom. The van der Waals surface area contributed by atoms with E-state index in [1.165, 1.54) is 19.2 Å². The van der Waals surface area contributed by atoms with Gasteiger partial charge in [-0.2, -0.15) is 0 Å². The third-order valence-corrected chi connectivity index (χ3v) is 4.22. The molecule has 0 aliphatic carbocycles. The Morgan fingerprint density at radius 2 is 2.21 bits per heavy atom. The minimum Gasteiger partial charge on any atom is -0.507 e.